The highest BCUT2D eigenvalue weighted by atomic mass is 35.5. The van der Waals surface area contributed by atoms with Crippen LogP contribution in [0.5, 0.6) is 5.75 Å². The van der Waals surface area contributed by atoms with Crippen LogP contribution in [0.2, 0.25) is 5.02 Å². The maximum absolute atomic E-state index is 13.5. The first-order valence-corrected chi connectivity index (χ1v) is 12.3. The summed E-state index contributed by atoms with van der Waals surface area (Å²) in [5.41, 5.74) is 2.47. The molecule has 1 atom stereocenters. The third kappa shape index (κ3) is 8.09. The second-order valence-electron chi connectivity index (χ2n) is 9.19. The predicted octanol–water partition coefficient (Wildman–Crippen LogP) is 5.58. The van der Waals surface area contributed by atoms with Gasteiger partial charge >= 0.3 is 0 Å². The Bertz CT molecular complexity index is 1150. The molecule has 3 aromatic rings. The summed E-state index contributed by atoms with van der Waals surface area (Å²) in [5.74, 6) is -0.202. The van der Waals surface area contributed by atoms with Gasteiger partial charge in [-0.25, -0.2) is 4.39 Å². The van der Waals surface area contributed by atoms with Crippen LogP contribution in [0.1, 0.15) is 30.5 Å². The standard InChI is InChI=1S/C29H32ClFN2O3/c1-20(2)17-32-29(35)27(16-22-7-5-4-6-8-22)33(18-23-9-11-24(31)12-10-23)28(34)19-36-25-13-14-26(30)21(3)15-25/h4-15,20,27H,16-19H2,1-3H3,(H,32,35)/t27-/m1/s1. The Morgan fingerprint density at radius 2 is 1.69 bits per heavy atom. The van der Waals surface area contributed by atoms with E-state index in [4.69, 9.17) is 16.3 Å². The molecule has 2 amide bonds. The van der Waals surface area contributed by atoms with Crippen LogP contribution in [0.15, 0.2) is 72.8 Å². The van der Waals surface area contributed by atoms with Crippen LogP contribution >= 0.6 is 11.6 Å². The zero-order chi connectivity index (χ0) is 26.1. The number of nitrogens with one attached hydrogen (secondary N) is 1. The highest BCUT2D eigenvalue weighted by molar-refractivity contribution is 6.31. The lowest BCUT2D eigenvalue weighted by atomic mass is 10.0. The third-order valence-electron chi connectivity index (χ3n) is 5.71. The van der Waals surface area contributed by atoms with E-state index in [1.807, 2.05) is 51.1 Å². The lowest BCUT2D eigenvalue weighted by Gasteiger charge is -2.31. The van der Waals surface area contributed by atoms with E-state index >= 15 is 0 Å². The molecular formula is C29H32ClFN2O3. The quantitative estimate of drug-likeness (QED) is 0.366. The van der Waals surface area contributed by atoms with Gasteiger partial charge in [-0.1, -0.05) is 67.9 Å². The van der Waals surface area contributed by atoms with Gasteiger partial charge in [-0.15, -0.1) is 0 Å². The van der Waals surface area contributed by atoms with Gasteiger partial charge in [-0.3, -0.25) is 9.59 Å². The van der Waals surface area contributed by atoms with Crippen molar-refractivity contribution < 1.29 is 18.7 Å². The van der Waals surface area contributed by atoms with Crippen LogP contribution < -0.4 is 10.1 Å². The Balaban J connectivity index is 1.89. The molecule has 3 rings (SSSR count). The Labute approximate surface area is 217 Å². The smallest absolute Gasteiger partial charge is 0.261 e. The van der Waals surface area contributed by atoms with Crippen LogP contribution in [-0.2, 0) is 22.6 Å². The molecular weight excluding hydrogens is 479 g/mol. The van der Waals surface area contributed by atoms with E-state index in [1.165, 1.54) is 17.0 Å². The Morgan fingerprint density at radius 3 is 2.33 bits per heavy atom. The summed E-state index contributed by atoms with van der Waals surface area (Å²) >= 11 is 6.10. The maximum atomic E-state index is 13.5. The number of rotatable bonds is 11. The molecule has 0 aliphatic rings. The summed E-state index contributed by atoms with van der Waals surface area (Å²) < 4.78 is 19.3. The van der Waals surface area contributed by atoms with Crippen molar-refractivity contribution in [2.45, 2.75) is 39.8 Å². The van der Waals surface area contributed by atoms with Crippen molar-refractivity contribution in [1.82, 2.24) is 10.2 Å². The first kappa shape index (κ1) is 27.2. The molecule has 1 N–H and O–H groups in total. The average Bonchev–Trinajstić information content (AvgIpc) is 2.87. The first-order valence-electron chi connectivity index (χ1n) is 12.0. The summed E-state index contributed by atoms with van der Waals surface area (Å²) in [6, 6.07) is 19.9. The molecule has 0 saturated carbocycles. The van der Waals surface area contributed by atoms with Crippen LogP contribution in [0, 0.1) is 18.7 Å². The lowest BCUT2D eigenvalue weighted by molar-refractivity contribution is -0.142. The third-order valence-corrected chi connectivity index (χ3v) is 6.14. The molecule has 0 radical (unpaired) electrons. The number of nitrogens with zero attached hydrogens (tertiary/aromatic N) is 1. The normalized spacial score (nSPS) is 11.7. The van der Waals surface area contributed by atoms with Crippen molar-refractivity contribution in [1.29, 1.82) is 0 Å². The monoisotopic (exact) mass is 510 g/mol. The number of hydrogen-bond acceptors (Lipinski definition) is 3. The number of hydrogen-bond donors (Lipinski definition) is 1. The summed E-state index contributed by atoms with van der Waals surface area (Å²) in [4.78, 5) is 28.4. The van der Waals surface area contributed by atoms with Gasteiger partial charge in [0.05, 0.1) is 0 Å². The van der Waals surface area contributed by atoms with Gasteiger partial charge in [-0.05, 0) is 59.9 Å². The van der Waals surface area contributed by atoms with E-state index < -0.39 is 6.04 Å². The van der Waals surface area contributed by atoms with Crippen LogP contribution in [0.25, 0.3) is 0 Å². The van der Waals surface area contributed by atoms with Crippen molar-refractivity contribution in [2.75, 3.05) is 13.2 Å². The molecule has 0 bridgehead atoms. The number of carbonyl (C=O) groups excluding carboxylic acids is 2. The SMILES string of the molecule is Cc1cc(OCC(=O)N(Cc2ccc(F)cc2)[C@H](Cc2ccccc2)C(=O)NCC(C)C)ccc1Cl. The van der Waals surface area contributed by atoms with Crippen molar-refractivity contribution >= 4 is 23.4 Å². The van der Waals surface area contributed by atoms with Gasteiger partial charge in [-0.2, -0.15) is 0 Å². The fourth-order valence-electron chi connectivity index (χ4n) is 3.70. The fourth-order valence-corrected chi connectivity index (χ4v) is 3.82. The Morgan fingerprint density at radius 1 is 1.00 bits per heavy atom. The average molecular weight is 511 g/mol. The molecule has 0 aliphatic heterocycles. The van der Waals surface area contributed by atoms with E-state index in [9.17, 15) is 14.0 Å². The van der Waals surface area contributed by atoms with Gasteiger partial charge in [0.2, 0.25) is 5.91 Å². The lowest BCUT2D eigenvalue weighted by Crippen LogP contribution is -2.52. The maximum Gasteiger partial charge on any atom is 0.261 e. The first-order chi connectivity index (χ1) is 17.2. The van der Waals surface area contributed by atoms with Crippen molar-refractivity contribution in [3.63, 3.8) is 0 Å². The van der Waals surface area contributed by atoms with E-state index in [2.05, 4.69) is 5.32 Å². The number of benzene rings is 3. The molecule has 3 aromatic carbocycles. The van der Waals surface area contributed by atoms with Crippen molar-refractivity contribution in [2.24, 2.45) is 5.92 Å². The van der Waals surface area contributed by atoms with Gasteiger partial charge in [0, 0.05) is 24.5 Å². The highest BCUT2D eigenvalue weighted by Crippen LogP contribution is 2.22. The van der Waals surface area contributed by atoms with Gasteiger partial charge < -0.3 is 15.0 Å². The molecule has 36 heavy (non-hydrogen) atoms. The molecule has 0 heterocycles. The predicted molar refractivity (Wildman–Crippen MR) is 140 cm³/mol. The van der Waals surface area contributed by atoms with E-state index in [0.717, 1.165) is 11.1 Å². The van der Waals surface area contributed by atoms with E-state index in [-0.39, 0.29) is 36.7 Å². The molecule has 0 fully saturated rings. The number of ether oxygens (including phenoxy) is 1. The molecule has 0 aliphatic carbocycles. The van der Waals surface area contributed by atoms with Crippen LogP contribution in [0.4, 0.5) is 4.39 Å². The minimum absolute atomic E-state index is 0.134. The minimum Gasteiger partial charge on any atom is -0.484 e. The summed E-state index contributed by atoms with van der Waals surface area (Å²) in [7, 11) is 0. The Kier molecular flexibility index (Phi) is 9.88. The minimum atomic E-state index is -0.778. The second kappa shape index (κ2) is 13.1. The van der Waals surface area contributed by atoms with E-state index in [0.29, 0.717) is 29.3 Å². The fraction of sp³-hybridized carbons (Fsp3) is 0.310. The van der Waals surface area contributed by atoms with E-state index in [1.54, 1.807) is 30.3 Å². The highest BCUT2D eigenvalue weighted by Gasteiger charge is 2.30. The largest absolute Gasteiger partial charge is 0.484 e. The van der Waals surface area contributed by atoms with Crippen LogP contribution in [0.3, 0.4) is 0 Å². The summed E-state index contributed by atoms with van der Waals surface area (Å²) in [6.45, 7) is 6.24. The van der Waals surface area contributed by atoms with Gasteiger partial charge in [0.25, 0.3) is 5.91 Å². The molecule has 0 unspecified atom stereocenters. The van der Waals surface area contributed by atoms with Crippen LogP contribution in [-0.4, -0.2) is 35.9 Å². The molecule has 0 aromatic heterocycles. The molecule has 5 nitrogen and oxygen atoms in total. The van der Waals surface area contributed by atoms with Crippen molar-refractivity contribution in [3.05, 3.63) is 100 Å². The molecule has 0 saturated heterocycles. The zero-order valence-electron chi connectivity index (χ0n) is 20.8. The topological polar surface area (TPSA) is 58.6 Å². The second-order valence-corrected chi connectivity index (χ2v) is 9.60. The summed E-state index contributed by atoms with van der Waals surface area (Å²) in [6.07, 6.45) is 0.331. The number of amides is 2. The number of halogens is 2. The van der Waals surface area contributed by atoms with Crippen molar-refractivity contribution in [3.8, 4) is 5.75 Å². The van der Waals surface area contributed by atoms with Gasteiger partial charge in [0.15, 0.2) is 6.61 Å². The van der Waals surface area contributed by atoms with Gasteiger partial charge in [0.1, 0.15) is 17.6 Å². The molecule has 190 valence electrons. The number of carbonyl (C=O) groups is 2. The summed E-state index contributed by atoms with van der Waals surface area (Å²) in [5, 5.41) is 3.58. The molecule has 7 heteroatoms. The number of aryl methyl sites for hydroxylation is 1. The zero-order valence-corrected chi connectivity index (χ0v) is 21.6. The molecule has 0 spiro atoms. The Hall–Kier alpha value is -3.38.